The summed E-state index contributed by atoms with van der Waals surface area (Å²) in [6.07, 6.45) is 0. The second-order valence-corrected chi connectivity index (χ2v) is 4.91. The van der Waals surface area contributed by atoms with Gasteiger partial charge in [0.1, 0.15) is 11.5 Å². The maximum absolute atomic E-state index is 11.9. The number of carbonyl (C=O) groups excluding carboxylic acids is 1. The molecule has 0 aromatic heterocycles. The minimum atomic E-state index is -0.467. The third-order valence-electron chi connectivity index (χ3n) is 2.31. The predicted octanol–water partition coefficient (Wildman–Crippen LogP) is 2.95. The van der Waals surface area contributed by atoms with Crippen LogP contribution in [-0.2, 0) is 0 Å². The molecule has 4 nitrogen and oxygen atoms in total. The van der Waals surface area contributed by atoms with Gasteiger partial charge in [0, 0.05) is 9.26 Å². The standard InChI is InChI=1S/C13H10INO3/c14-8-2-1-3-9(6-8)15-13(18)11-7-10(16)4-5-12(11)17/h1-7,16-17H,(H,15,18). The van der Waals surface area contributed by atoms with Crippen molar-refractivity contribution in [3.05, 3.63) is 51.6 Å². The van der Waals surface area contributed by atoms with Crippen molar-refractivity contribution in [1.29, 1.82) is 0 Å². The molecule has 0 unspecified atom stereocenters. The van der Waals surface area contributed by atoms with Crippen LogP contribution in [0.15, 0.2) is 42.5 Å². The summed E-state index contributed by atoms with van der Waals surface area (Å²) in [5.74, 6) is -0.707. The van der Waals surface area contributed by atoms with Crippen molar-refractivity contribution in [2.24, 2.45) is 0 Å². The Balaban J connectivity index is 2.24. The SMILES string of the molecule is O=C(Nc1cccc(I)c1)c1cc(O)ccc1O. The normalized spacial score (nSPS) is 10.1. The number of hydrogen-bond donors (Lipinski definition) is 3. The van der Waals surface area contributed by atoms with E-state index in [1.807, 2.05) is 12.1 Å². The molecule has 2 aromatic carbocycles. The fourth-order valence-electron chi connectivity index (χ4n) is 1.47. The van der Waals surface area contributed by atoms with Crippen LogP contribution in [0.5, 0.6) is 11.5 Å². The van der Waals surface area contributed by atoms with Crippen molar-refractivity contribution < 1.29 is 15.0 Å². The molecule has 0 fully saturated rings. The highest BCUT2D eigenvalue weighted by molar-refractivity contribution is 14.1. The Bertz CT molecular complexity index is 599. The molecule has 3 N–H and O–H groups in total. The van der Waals surface area contributed by atoms with Gasteiger partial charge in [-0.25, -0.2) is 0 Å². The Hall–Kier alpha value is -1.76. The van der Waals surface area contributed by atoms with Crippen LogP contribution in [0.3, 0.4) is 0 Å². The van der Waals surface area contributed by atoms with E-state index in [1.165, 1.54) is 18.2 Å². The van der Waals surface area contributed by atoms with E-state index in [9.17, 15) is 15.0 Å². The van der Waals surface area contributed by atoms with E-state index in [0.717, 1.165) is 3.57 Å². The van der Waals surface area contributed by atoms with Gasteiger partial charge in [0.25, 0.3) is 5.91 Å². The summed E-state index contributed by atoms with van der Waals surface area (Å²) in [6, 6.07) is 11.1. The van der Waals surface area contributed by atoms with E-state index in [0.29, 0.717) is 5.69 Å². The van der Waals surface area contributed by atoms with Crippen LogP contribution in [0.4, 0.5) is 5.69 Å². The van der Waals surface area contributed by atoms with Crippen LogP contribution in [0, 0.1) is 3.57 Å². The van der Waals surface area contributed by atoms with Crippen molar-refractivity contribution in [2.75, 3.05) is 5.32 Å². The molecule has 0 aliphatic rings. The molecule has 0 saturated heterocycles. The number of aromatic hydroxyl groups is 2. The molecule has 2 aromatic rings. The van der Waals surface area contributed by atoms with Gasteiger partial charge in [-0.2, -0.15) is 0 Å². The first-order valence-electron chi connectivity index (χ1n) is 5.15. The molecule has 0 aliphatic heterocycles. The van der Waals surface area contributed by atoms with Crippen LogP contribution in [0.25, 0.3) is 0 Å². The lowest BCUT2D eigenvalue weighted by atomic mass is 10.1. The lowest BCUT2D eigenvalue weighted by molar-refractivity contribution is 0.102. The van der Waals surface area contributed by atoms with Gasteiger partial charge in [0.05, 0.1) is 5.56 Å². The van der Waals surface area contributed by atoms with E-state index < -0.39 is 5.91 Å². The molecule has 0 atom stereocenters. The minimum absolute atomic E-state index is 0.0360. The van der Waals surface area contributed by atoms with Crippen molar-refractivity contribution in [2.45, 2.75) is 0 Å². The van der Waals surface area contributed by atoms with Gasteiger partial charge in [-0.1, -0.05) is 6.07 Å². The third kappa shape index (κ3) is 2.92. The quantitative estimate of drug-likeness (QED) is 0.573. The van der Waals surface area contributed by atoms with Gasteiger partial charge in [-0.05, 0) is 59.0 Å². The molecule has 2 rings (SSSR count). The average Bonchev–Trinajstić information content (AvgIpc) is 2.32. The first-order chi connectivity index (χ1) is 8.56. The number of nitrogens with one attached hydrogen (secondary N) is 1. The van der Waals surface area contributed by atoms with Gasteiger partial charge in [-0.3, -0.25) is 4.79 Å². The highest BCUT2D eigenvalue weighted by atomic mass is 127. The van der Waals surface area contributed by atoms with Crippen molar-refractivity contribution in [1.82, 2.24) is 0 Å². The van der Waals surface area contributed by atoms with Gasteiger partial charge >= 0.3 is 0 Å². The molecule has 1 amide bonds. The summed E-state index contributed by atoms with van der Waals surface area (Å²) >= 11 is 2.14. The van der Waals surface area contributed by atoms with Crippen LogP contribution in [0.1, 0.15) is 10.4 Å². The summed E-state index contributed by atoms with van der Waals surface area (Å²) in [4.78, 5) is 11.9. The minimum Gasteiger partial charge on any atom is -0.508 e. The molecule has 5 heteroatoms. The number of phenols is 2. The molecule has 0 heterocycles. The molecule has 0 aliphatic carbocycles. The number of carbonyl (C=O) groups is 1. The van der Waals surface area contributed by atoms with Gasteiger partial charge in [0.15, 0.2) is 0 Å². The zero-order valence-electron chi connectivity index (χ0n) is 9.22. The van der Waals surface area contributed by atoms with Crippen LogP contribution >= 0.6 is 22.6 Å². The molecular weight excluding hydrogens is 345 g/mol. The largest absolute Gasteiger partial charge is 0.508 e. The number of amides is 1. The molecule has 18 heavy (non-hydrogen) atoms. The number of anilines is 1. The number of hydrogen-bond acceptors (Lipinski definition) is 3. The van der Waals surface area contributed by atoms with Crippen LogP contribution < -0.4 is 5.32 Å². The molecule has 0 bridgehead atoms. The summed E-state index contributed by atoms with van der Waals surface area (Å²) in [5, 5.41) is 21.5. The Morgan fingerprint density at radius 2 is 1.89 bits per heavy atom. The van der Waals surface area contributed by atoms with Crippen molar-refractivity contribution in [3.63, 3.8) is 0 Å². The van der Waals surface area contributed by atoms with Crippen LogP contribution in [-0.4, -0.2) is 16.1 Å². The van der Waals surface area contributed by atoms with Crippen LogP contribution in [0.2, 0.25) is 0 Å². The predicted molar refractivity (Wildman–Crippen MR) is 76.9 cm³/mol. The molecule has 92 valence electrons. The van der Waals surface area contributed by atoms with Crippen molar-refractivity contribution >= 4 is 34.2 Å². The number of rotatable bonds is 2. The Morgan fingerprint density at radius 3 is 2.61 bits per heavy atom. The van der Waals surface area contributed by atoms with E-state index in [4.69, 9.17) is 0 Å². The summed E-state index contributed by atoms with van der Waals surface area (Å²) in [7, 11) is 0. The average molecular weight is 355 g/mol. The zero-order chi connectivity index (χ0) is 13.1. The maximum Gasteiger partial charge on any atom is 0.259 e. The third-order valence-corrected chi connectivity index (χ3v) is 2.98. The van der Waals surface area contributed by atoms with Gasteiger partial charge < -0.3 is 15.5 Å². The lowest BCUT2D eigenvalue weighted by Gasteiger charge is -2.07. The summed E-state index contributed by atoms with van der Waals surface area (Å²) in [5.41, 5.74) is 0.670. The fraction of sp³-hybridized carbons (Fsp3) is 0. The first kappa shape index (κ1) is 12.7. The van der Waals surface area contributed by atoms with E-state index in [-0.39, 0.29) is 17.1 Å². The zero-order valence-corrected chi connectivity index (χ0v) is 11.4. The summed E-state index contributed by atoms with van der Waals surface area (Å²) < 4.78 is 0.991. The Kier molecular flexibility index (Phi) is 3.71. The first-order valence-corrected chi connectivity index (χ1v) is 6.23. The van der Waals surface area contributed by atoms with Crippen molar-refractivity contribution in [3.8, 4) is 11.5 Å². The summed E-state index contributed by atoms with van der Waals surface area (Å²) in [6.45, 7) is 0. The fourth-order valence-corrected chi connectivity index (χ4v) is 2.01. The highest BCUT2D eigenvalue weighted by Crippen LogP contribution is 2.23. The monoisotopic (exact) mass is 355 g/mol. The second kappa shape index (κ2) is 5.26. The lowest BCUT2D eigenvalue weighted by Crippen LogP contribution is -2.12. The number of benzene rings is 2. The Labute approximate surface area is 117 Å². The molecule has 0 saturated carbocycles. The molecule has 0 radical (unpaired) electrons. The topological polar surface area (TPSA) is 69.6 Å². The number of halogens is 1. The van der Waals surface area contributed by atoms with Gasteiger partial charge in [-0.15, -0.1) is 0 Å². The smallest absolute Gasteiger partial charge is 0.259 e. The van der Waals surface area contributed by atoms with E-state index >= 15 is 0 Å². The van der Waals surface area contributed by atoms with Gasteiger partial charge in [0.2, 0.25) is 0 Å². The highest BCUT2D eigenvalue weighted by Gasteiger charge is 2.12. The maximum atomic E-state index is 11.9. The molecule has 0 spiro atoms. The second-order valence-electron chi connectivity index (χ2n) is 3.67. The molecular formula is C13H10INO3. The van der Waals surface area contributed by atoms with E-state index in [2.05, 4.69) is 27.9 Å². The Morgan fingerprint density at radius 1 is 1.11 bits per heavy atom. The number of phenolic OH excluding ortho intramolecular Hbond substituents is 2. The van der Waals surface area contributed by atoms with E-state index in [1.54, 1.807) is 12.1 Å².